The highest BCUT2D eigenvalue weighted by Gasteiger charge is 2.20. The number of amides is 1. The van der Waals surface area contributed by atoms with Gasteiger partial charge in [0.2, 0.25) is 5.91 Å². The minimum absolute atomic E-state index is 0.0398. The van der Waals surface area contributed by atoms with Crippen molar-refractivity contribution in [3.05, 3.63) is 29.8 Å². The fourth-order valence-electron chi connectivity index (χ4n) is 3.08. The number of aliphatic hydroxyl groups excluding tert-OH is 1. The molecule has 1 aromatic carbocycles. The maximum absolute atomic E-state index is 12.1. The van der Waals surface area contributed by atoms with E-state index in [1.54, 1.807) is 0 Å². The number of hydrogen-bond donors (Lipinski definition) is 3. The molecule has 0 aromatic heterocycles. The fourth-order valence-corrected chi connectivity index (χ4v) is 3.08. The lowest BCUT2D eigenvalue weighted by Crippen LogP contribution is -2.36. The molecule has 1 fully saturated rings. The molecule has 1 aliphatic rings. The van der Waals surface area contributed by atoms with E-state index < -0.39 is 0 Å². The highest BCUT2D eigenvalue weighted by molar-refractivity contribution is 5.91. The summed E-state index contributed by atoms with van der Waals surface area (Å²) in [7, 11) is 0. The van der Waals surface area contributed by atoms with Gasteiger partial charge in [0.15, 0.2) is 0 Å². The Bertz CT molecular complexity index is 490. The fraction of sp³-hybridized carbons (Fsp3) is 0.611. The van der Waals surface area contributed by atoms with Crippen molar-refractivity contribution in [2.24, 2.45) is 5.92 Å². The zero-order chi connectivity index (χ0) is 15.9. The Morgan fingerprint density at radius 2 is 2.14 bits per heavy atom. The number of aryl methyl sites for hydroxylation is 1. The highest BCUT2D eigenvalue weighted by Crippen LogP contribution is 2.23. The van der Waals surface area contributed by atoms with Gasteiger partial charge >= 0.3 is 0 Å². The minimum Gasteiger partial charge on any atom is -0.393 e. The molecule has 1 aliphatic carbocycles. The molecule has 122 valence electrons. The number of carbonyl (C=O) groups excluding carboxylic acids is 1. The van der Waals surface area contributed by atoms with Crippen molar-refractivity contribution in [3.63, 3.8) is 0 Å². The predicted molar refractivity (Wildman–Crippen MR) is 89.9 cm³/mol. The summed E-state index contributed by atoms with van der Waals surface area (Å²) in [6.45, 7) is 4.91. The van der Waals surface area contributed by atoms with Gasteiger partial charge in [0.25, 0.3) is 0 Å². The van der Waals surface area contributed by atoms with E-state index in [0.29, 0.717) is 12.3 Å². The SMILES string of the molecule is Cc1ccccc1NC(=O)CC(C)NCC1CCCC(O)C1. The minimum atomic E-state index is -0.139. The van der Waals surface area contributed by atoms with Crippen LogP contribution in [-0.2, 0) is 4.79 Å². The molecule has 0 aliphatic heterocycles. The van der Waals surface area contributed by atoms with Gasteiger partial charge in [0.05, 0.1) is 6.10 Å². The Morgan fingerprint density at radius 3 is 2.86 bits per heavy atom. The summed E-state index contributed by atoms with van der Waals surface area (Å²) in [6, 6.07) is 7.95. The van der Waals surface area contributed by atoms with E-state index in [4.69, 9.17) is 0 Å². The topological polar surface area (TPSA) is 61.4 Å². The molecular weight excluding hydrogens is 276 g/mol. The molecule has 1 saturated carbocycles. The summed E-state index contributed by atoms with van der Waals surface area (Å²) in [6.07, 6.45) is 4.42. The summed E-state index contributed by atoms with van der Waals surface area (Å²) in [5.74, 6) is 0.573. The van der Waals surface area contributed by atoms with E-state index in [0.717, 1.165) is 37.1 Å². The van der Waals surface area contributed by atoms with Crippen molar-refractivity contribution in [1.82, 2.24) is 5.32 Å². The van der Waals surface area contributed by atoms with Crippen molar-refractivity contribution in [1.29, 1.82) is 0 Å². The van der Waals surface area contributed by atoms with E-state index >= 15 is 0 Å². The quantitative estimate of drug-likeness (QED) is 0.757. The second-order valence-electron chi connectivity index (χ2n) is 6.56. The van der Waals surface area contributed by atoms with Crippen molar-refractivity contribution in [2.45, 2.75) is 58.1 Å². The van der Waals surface area contributed by atoms with Crippen LogP contribution in [0.1, 0.15) is 44.6 Å². The van der Waals surface area contributed by atoms with Crippen LogP contribution in [0, 0.1) is 12.8 Å². The largest absolute Gasteiger partial charge is 0.393 e. The third-order valence-corrected chi connectivity index (χ3v) is 4.42. The van der Waals surface area contributed by atoms with E-state index in [-0.39, 0.29) is 18.1 Å². The Balaban J connectivity index is 1.71. The molecule has 3 unspecified atom stereocenters. The molecule has 3 N–H and O–H groups in total. The van der Waals surface area contributed by atoms with Crippen molar-refractivity contribution in [2.75, 3.05) is 11.9 Å². The first-order valence-corrected chi connectivity index (χ1v) is 8.31. The summed E-state index contributed by atoms with van der Waals surface area (Å²) in [4.78, 5) is 12.1. The van der Waals surface area contributed by atoms with Crippen LogP contribution in [-0.4, -0.2) is 29.7 Å². The third-order valence-electron chi connectivity index (χ3n) is 4.42. The Hall–Kier alpha value is -1.39. The zero-order valence-corrected chi connectivity index (χ0v) is 13.6. The van der Waals surface area contributed by atoms with Crippen molar-refractivity contribution in [3.8, 4) is 0 Å². The molecule has 3 atom stereocenters. The Labute approximate surface area is 133 Å². The van der Waals surface area contributed by atoms with E-state index in [1.165, 1.54) is 6.42 Å². The molecule has 0 spiro atoms. The molecule has 22 heavy (non-hydrogen) atoms. The molecule has 0 saturated heterocycles. The Morgan fingerprint density at radius 1 is 1.36 bits per heavy atom. The van der Waals surface area contributed by atoms with E-state index in [9.17, 15) is 9.90 Å². The third kappa shape index (κ3) is 5.43. The van der Waals surface area contributed by atoms with E-state index in [2.05, 4.69) is 10.6 Å². The first-order chi connectivity index (χ1) is 10.5. The molecule has 4 nitrogen and oxygen atoms in total. The van der Waals surface area contributed by atoms with Gasteiger partial charge in [0.1, 0.15) is 0 Å². The number of hydrogen-bond acceptors (Lipinski definition) is 3. The maximum atomic E-state index is 12.1. The number of para-hydroxylation sites is 1. The van der Waals surface area contributed by atoms with Gasteiger partial charge < -0.3 is 15.7 Å². The number of nitrogens with one attached hydrogen (secondary N) is 2. The van der Waals surface area contributed by atoms with Crippen LogP contribution in [0.5, 0.6) is 0 Å². The summed E-state index contributed by atoms with van der Waals surface area (Å²) >= 11 is 0. The first-order valence-electron chi connectivity index (χ1n) is 8.31. The van der Waals surface area contributed by atoms with Gasteiger partial charge in [0, 0.05) is 18.2 Å². The monoisotopic (exact) mass is 304 g/mol. The number of carbonyl (C=O) groups is 1. The smallest absolute Gasteiger partial charge is 0.225 e. The molecule has 0 heterocycles. The standard InChI is InChI=1S/C18H28N2O2/c1-13-6-3-4-9-17(13)20-18(22)10-14(2)19-12-15-7-5-8-16(21)11-15/h3-4,6,9,14-16,19,21H,5,7-8,10-12H2,1-2H3,(H,20,22). The lowest BCUT2D eigenvalue weighted by molar-refractivity contribution is -0.116. The van der Waals surface area contributed by atoms with Gasteiger partial charge in [-0.2, -0.15) is 0 Å². The van der Waals surface area contributed by atoms with Gasteiger partial charge in [-0.3, -0.25) is 4.79 Å². The van der Waals surface area contributed by atoms with Gasteiger partial charge in [-0.05, 0) is 57.2 Å². The molecular formula is C18H28N2O2. The summed E-state index contributed by atoms with van der Waals surface area (Å²) in [5.41, 5.74) is 1.96. The molecule has 1 aromatic rings. The second-order valence-corrected chi connectivity index (χ2v) is 6.56. The van der Waals surface area contributed by atoms with Gasteiger partial charge in [-0.15, -0.1) is 0 Å². The number of anilines is 1. The highest BCUT2D eigenvalue weighted by atomic mass is 16.3. The number of rotatable bonds is 6. The Kier molecular flexibility index (Phi) is 6.40. The first kappa shape index (κ1) is 17.0. The van der Waals surface area contributed by atoms with Crippen LogP contribution in [0.4, 0.5) is 5.69 Å². The molecule has 0 bridgehead atoms. The lowest BCUT2D eigenvalue weighted by Gasteiger charge is -2.27. The molecule has 2 rings (SSSR count). The van der Waals surface area contributed by atoms with Crippen LogP contribution < -0.4 is 10.6 Å². The van der Waals surface area contributed by atoms with Crippen LogP contribution >= 0.6 is 0 Å². The lowest BCUT2D eigenvalue weighted by atomic mass is 9.87. The molecule has 1 amide bonds. The van der Waals surface area contributed by atoms with Gasteiger partial charge in [-0.25, -0.2) is 0 Å². The van der Waals surface area contributed by atoms with Crippen LogP contribution in [0.25, 0.3) is 0 Å². The van der Waals surface area contributed by atoms with Gasteiger partial charge in [-0.1, -0.05) is 24.6 Å². The maximum Gasteiger partial charge on any atom is 0.225 e. The summed E-state index contributed by atoms with van der Waals surface area (Å²) in [5, 5.41) is 16.1. The average Bonchev–Trinajstić information content (AvgIpc) is 2.47. The second kappa shape index (κ2) is 8.30. The van der Waals surface area contributed by atoms with Crippen LogP contribution in [0.3, 0.4) is 0 Å². The molecule has 4 heteroatoms. The number of benzene rings is 1. The number of aliphatic hydroxyl groups is 1. The normalized spacial score (nSPS) is 23.0. The van der Waals surface area contributed by atoms with Crippen LogP contribution in [0.15, 0.2) is 24.3 Å². The van der Waals surface area contributed by atoms with Crippen molar-refractivity contribution < 1.29 is 9.90 Å². The van der Waals surface area contributed by atoms with Crippen molar-refractivity contribution >= 4 is 11.6 Å². The average molecular weight is 304 g/mol. The molecule has 0 radical (unpaired) electrons. The summed E-state index contributed by atoms with van der Waals surface area (Å²) < 4.78 is 0. The zero-order valence-electron chi connectivity index (χ0n) is 13.6. The van der Waals surface area contributed by atoms with Crippen LogP contribution in [0.2, 0.25) is 0 Å². The predicted octanol–water partition coefficient (Wildman–Crippen LogP) is 2.85. The van der Waals surface area contributed by atoms with E-state index in [1.807, 2.05) is 38.1 Å².